The predicted molar refractivity (Wildman–Crippen MR) is 51.6 cm³/mol. The van der Waals surface area contributed by atoms with Crippen LogP contribution in [0.25, 0.3) is 0 Å². The molecule has 13 heavy (non-hydrogen) atoms. The number of ether oxygens (including phenoxy) is 1. The standard InChI is InChI=1S/C8H17NO3S/c1-2-4-13(10,11)5-3-9-8-6-12-7-8/h8-9H,2-7H2,1H3. The van der Waals surface area contributed by atoms with Crippen molar-refractivity contribution in [3.63, 3.8) is 0 Å². The van der Waals surface area contributed by atoms with Gasteiger partial charge in [0, 0.05) is 12.3 Å². The Hall–Kier alpha value is -0.130. The molecule has 0 unspecified atom stereocenters. The van der Waals surface area contributed by atoms with Gasteiger partial charge in [-0.15, -0.1) is 0 Å². The van der Waals surface area contributed by atoms with Crippen molar-refractivity contribution in [1.29, 1.82) is 0 Å². The first kappa shape index (κ1) is 10.9. The largest absolute Gasteiger partial charge is 0.378 e. The van der Waals surface area contributed by atoms with Crippen molar-refractivity contribution in [3.05, 3.63) is 0 Å². The van der Waals surface area contributed by atoms with E-state index in [0.717, 1.165) is 0 Å². The maximum Gasteiger partial charge on any atom is 0.151 e. The van der Waals surface area contributed by atoms with Gasteiger partial charge in [0.15, 0.2) is 9.84 Å². The van der Waals surface area contributed by atoms with Crippen LogP contribution in [0, 0.1) is 0 Å². The Morgan fingerprint density at radius 3 is 2.54 bits per heavy atom. The zero-order valence-corrected chi connectivity index (χ0v) is 8.77. The number of rotatable bonds is 6. The van der Waals surface area contributed by atoms with Gasteiger partial charge in [-0.3, -0.25) is 0 Å². The molecule has 0 aromatic rings. The Bertz CT molecular complexity index is 234. The lowest BCUT2D eigenvalue weighted by Crippen LogP contribution is -2.47. The van der Waals surface area contributed by atoms with E-state index in [4.69, 9.17) is 4.74 Å². The fourth-order valence-corrected chi connectivity index (χ4v) is 2.44. The van der Waals surface area contributed by atoms with Gasteiger partial charge in [-0.05, 0) is 6.42 Å². The normalized spacial score (nSPS) is 18.5. The Morgan fingerprint density at radius 1 is 1.38 bits per heavy atom. The summed E-state index contributed by atoms with van der Waals surface area (Å²) in [6, 6.07) is 0.372. The van der Waals surface area contributed by atoms with E-state index in [1.165, 1.54) is 0 Å². The van der Waals surface area contributed by atoms with Crippen LogP contribution < -0.4 is 5.32 Å². The lowest BCUT2D eigenvalue weighted by Gasteiger charge is -2.26. The molecule has 0 spiro atoms. The van der Waals surface area contributed by atoms with Crippen LogP contribution in [0.15, 0.2) is 0 Å². The summed E-state index contributed by atoms with van der Waals surface area (Å²) in [5, 5.41) is 3.13. The van der Waals surface area contributed by atoms with Crippen molar-refractivity contribution in [3.8, 4) is 0 Å². The van der Waals surface area contributed by atoms with Gasteiger partial charge in [-0.1, -0.05) is 6.92 Å². The van der Waals surface area contributed by atoms with Gasteiger partial charge in [0.2, 0.25) is 0 Å². The van der Waals surface area contributed by atoms with E-state index in [1.54, 1.807) is 0 Å². The number of hydrogen-bond donors (Lipinski definition) is 1. The van der Waals surface area contributed by atoms with Gasteiger partial charge >= 0.3 is 0 Å². The van der Waals surface area contributed by atoms with E-state index >= 15 is 0 Å². The topological polar surface area (TPSA) is 55.4 Å². The maximum absolute atomic E-state index is 11.2. The zero-order valence-electron chi connectivity index (χ0n) is 7.95. The smallest absolute Gasteiger partial charge is 0.151 e. The van der Waals surface area contributed by atoms with E-state index in [1.807, 2.05) is 6.92 Å². The van der Waals surface area contributed by atoms with Crippen LogP contribution in [0.4, 0.5) is 0 Å². The van der Waals surface area contributed by atoms with Crippen molar-refractivity contribution in [2.75, 3.05) is 31.3 Å². The minimum Gasteiger partial charge on any atom is -0.378 e. The van der Waals surface area contributed by atoms with Crippen molar-refractivity contribution in [1.82, 2.24) is 5.32 Å². The molecule has 1 aliphatic heterocycles. The second-order valence-corrected chi connectivity index (χ2v) is 5.64. The molecule has 4 nitrogen and oxygen atoms in total. The van der Waals surface area contributed by atoms with Gasteiger partial charge in [0.05, 0.1) is 25.0 Å². The molecule has 0 saturated carbocycles. The monoisotopic (exact) mass is 207 g/mol. The number of nitrogens with one attached hydrogen (secondary N) is 1. The number of sulfone groups is 1. The second kappa shape index (κ2) is 4.93. The van der Waals surface area contributed by atoms with Crippen LogP contribution in [-0.2, 0) is 14.6 Å². The molecule has 0 aromatic heterocycles. The zero-order chi connectivity index (χ0) is 9.73. The summed E-state index contributed by atoms with van der Waals surface area (Å²) in [6.45, 7) is 3.86. The quantitative estimate of drug-likeness (QED) is 0.655. The van der Waals surface area contributed by atoms with Crippen LogP contribution in [0.2, 0.25) is 0 Å². The summed E-state index contributed by atoms with van der Waals surface area (Å²) in [4.78, 5) is 0. The highest BCUT2D eigenvalue weighted by atomic mass is 32.2. The first-order valence-corrected chi connectivity index (χ1v) is 6.48. The summed E-state index contributed by atoms with van der Waals surface area (Å²) in [5.74, 6) is 0.549. The van der Waals surface area contributed by atoms with Gasteiger partial charge in [0.25, 0.3) is 0 Å². The lowest BCUT2D eigenvalue weighted by atomic mass is 10.3. The molecule has 1 fully saturated rings. The van der Waals surface area contributed by atoms with Crippen molar-refractivity contribution >= 4 is 9.84 Å². The molecule has 78 valence electrons. The van der Waals surface area contributed by atoms with Crippen LogP contribution in [0.3, 0.4) is 0 Å². The molecule has 0 amide bonds. The van der Waals surface area contributed by atoms with Crippen molar-refractivity contribution in [2.24, 2.45) is 0 Å². The van der Waals surface area contributed by atoms with Crippen LogP contribution in [-0.4, -0.2) is 45.7 Å². The maximum atomic E-state index is 11.2. The highest BCUT2D eigenvalue weighted by Crippen LogP contribution is 1.99. The molecule has 0 aliphatic carbocycles. The molecule has 0 atom stereocenters. The third-order valence-electron chi connectivity index (χ3n) is 2.00. The van der Waals surface area contributed by atoms with E-state index in [9.17, 15) is 8.42 Å². The van der Waals surface area contributed by atoms with Gasteiger partial charge in [-0.2, -0.15) is 0 Å². The summed E-state index contributed by atoms with van der Waals surface area (Å²) in [5.41, 5.74) is 0. The second-order valence-electron chi connectivity index (χ2n) is 3.34. The molecule has 1 rings (SSSR count). The summed E-state index contributed by atoms with van der Waals surface area (Å²) < 4.78 is 27.4. The molecule has 5 heteroatoms. The molecule has 1 heterocycles. The molecule has 1 saturated heterocycles. The summed E-state index contributed by atoms with van der Waals surface area (Å²) in [6.07, 6.45) is 0.703. The lowest BCUT2D eigenvalue weighted by molar-refractivity contribution is -0.00410. The Kier molecular flexibility index (Phi) is 4.15. The highest BCUT2D eigenvalue weighted by molar-refractivity contribution is 7.91. The van der Waals surface area contributed by atoms with E-state index in [-0.39, 0.29) is 5.75 Å². The molecule has 0 aromatic carbocycles. The van der Waals surface area contributed by atoms with Crippen LogP contribution >= 0.6 is 0 Å². The minimum absolute atomic E-state index is 0.247. The van der Waals surface area contributed by atoms with Crippen molar-refractivity contribution in [2.45, 2.75) is 19.4 Å². The average Bonchev–Trinajstić information content (AvgIpc) is 1.94. The van der Waals surface area contributed by atoms with Gasteiger partial charge in [-0.25, -0.2) is 8.42 Å². The van der Waals surface area contributed by atoms with Gasteiger partial charge in [0.1, 0.15) is 0 Å². The highest BCUT2D eigenvalue weighted by Gasteiger charge is 2.18. The van der Waals surface area contributed by atoms with E-state index in [0.29, 0.717) is 38.0 Å². The Labute approximate surface area is 79.6 Å². The summed E-state index contributed by atoms with van der Waals surface area (Å²) >= 11 is 0. The van der Waals surface area contributed by atoms with E-state index in [2.05, 4.69) is 5.32 Å². The Morgan fingerprint density at radius 2 is 2.08 bits per heavy atom. The average molecular weight is 207 g/mol. The molecule has 0 bridgehead atoms. The van der Waals surface area contributed by atoms with E-state index < -0.39 is 9.84 Å². The molecule has 1 N–H and O–H groups in total. The minimum atomic E-state index is -2.81. The van der Waals surface area contributed by atoms with Gasteiger partial charge < -0.3 is 10.1 Å². The van der Waals surface area contributed by atoms with Crippen LogP contribution in [0.5, 0.6) is 0 Å². The SMILES string of the molecule is CCCS(=O)(=O)CCNC1COC1. The Balaban J connectivity index is 2.09. The molecule has 1 aliphatic rings. The first-order chi connectivity index (χ1) is 6.14. The number of hydrogen-bond acceptors (Lipinski definition) is 4. The van der Waals surface area contributed by atoms with Crippen molar-refractivity contribution < 1.29 is 13.2 Å². The third-order valence-corrected chi connectivity index (χ3v) is 3.86. The molecule has 0 radical (unpaired) electrons. The third kappa shape index (κ3) is 4.06. The summed E-state index contributed by atoms with van der Waals surface area (Å²) in [7, 11) is -2.81. The molecular weight excluding hydrogens is 190 g/mol. The first-order valence-electron chi connectivity index (χ1n) is 4.65. The van der Waals surface area contributed by atoms with Crippen LogP contribution in [0.1, 0.15) is 13.3 Å². The fraction of sp³-hybridized carbons (Fsp3) is 1.00. The fourth-order valence-electron chi connectivity index (χ4n) is 1.19. The predicted octanol–water partition coefficient (Wildman–Crippen LogP) is -0.200. The molecular formula is C8H17NO3S.